The van der Waals surface area contributed by atoms with Crippen LogP contribution in [-0.4, -0.2) is 36.1 Å². The van der Waals surface area contributed by atoms with E-state index in [4.69, 9.17) is 9.47 Å². The van der Waals surface area contributed by atoms with Gasteiger partial charge < -0.3 is 9.47 Å². The molecular weight excluding hydrogens is 498 g/mol. The highest BCUT2D eigenvalue weighted by Gasteiger charge is 2.48. The molecule has 2 atom stereocenters. The summed E-state index contributed by atoms with van der Waals surface area (Å²) in [5, 5.41) is 0. The van der Waals surface area contributed by atoms with Gasteiger partial charge in [-0.1, -0.05) is 30.5 Å². The van der Waals surface area contributed by atoms with Gasteiger partial charge in [-0.15, -0.1) is 0 Å². The Kier molecular flexibility index (Phi) is 7.36. The van der Waals surface area contributed by atoms with Crippen molar-refractivity contribution in [3.05, 3.63) is 95.1 Å². The Morgan fingerprint density at radius 1 is 0.718 bits per heavy atom. The third kappa shape index (κ3) is 5.50. The van der Waals surface area contributed by atoms with E-state index in [1.807, 2.05) is 19.1 Å². The average Bonchev–Trinajstić information content (AvgIpc) is 3.22. The van der Waals surface area contributed by atoms with Crippen LogP contribution in [0.4, 0.5) is 5.69 Å². The number of esters is 2. The molecule has 39 heavy (non-hydrogen) atoms. The molecule has 2 amide bonds. The van der Waals surface area contributed by atoms with E-state index in [-0.39, 0.29) is 35.0 Å². The van der Waals surface area contributed by atoms with Gasteiger partial charge in [0.15, 0.2) is 12.4 Å². The molecule has 1 saturated heterocycles. The van der Waals surface area contributed by atoms with E-state index in [1.165, 1.54) is 41.3 Å². The normalized spacial score (nSPS) is 18.4. The van der Waals surface area contributed by atoms with Gasteiger partial charge in [0, 0.05) is 5.56 Å². The lowest BCUT2D eigenvalue weighted by atomic mass is 9.81. The summed E-state index contributed by atoms with van der Waals surface area (Å²) >= 11 is 0. The van der Waals surface area contributed by atoms with Gasteiger partial charge in [0.25, 0.3) is 0 Å². The molecule has 1 aliphatic carbocycles. The van der Waals surface area contributed by atoms with Crippen LogP contribution in [0.15, 0.2) is 72.8 Å². The number of aryl methyl sites for hydroxylation is 1. The van der Waals surface area contributed by atoms with Crippen molar-refractivity contribution in [1.82, 2.24) is 0 Å². The van der Waals surface area contributed by atoms with Crippen LogP contribution in [-0.2, 0) is 14.3 Å². The number of fused-ring (bicyclic) bond motifs is 1. The van der Waals surface area contributed by atoms with Gasteiger partial charge in [0.1, 0.15) is 5.75 Å². The molecule has 198 valence electrons. The van der Waals surface area contributed by atoms with Crippen molar-refractivity contribution in [2.45, 2.75) is 32.6 Å². The summed E-state index contributed by atoms with van der Waals surface area (Å²) in [5.41, 5.74) is 2.36. The zero-order chi connectivity index (χ0) is 27.5. The van der Waals surface area contributed by atoms with Crippen molar-refractivity contribution in [1.29, 1.82) is 0 Å². The largest absolute Gasteiger partial charge is 0.454 e. The molecule has 2 fully saturated rings. The second-order valence-corrected chi connectivity index (χ2v) is 9.84. The van der Waals surface area contributed by atoms with Gasteiger partial charge in [0.05, 0.1) is 28.7 Å². The smallest absolute Gasteiger partial charge is 0.343 e. The van der Waals surface area contributed by atoms with Crippen LogP contribution in [0.5, 0.6) is 5.75 Å². The number of carbonyl (C=O) groups is 5. The zero-order valence-electron chi connectivity index (χ0n) is 21.4. The van der Waals surface area contributed by atoms with Crippen molar-refractivity contribution < 1.29 is 33.4 Å². The first kappa shape index (κ1) is 26.0. The van der Waals surface area contributed by atoms with E-state index < -0.39 is 24.3 Å². The maximum Gasteiger partial charge on any atom is 0.343 e. The Morgan fingerprint density at radius 2 is 1.23 bits per heavy atom. The summed E-state index contributed by atoms with van der Waals surface area (Å²) < 4.78 is 10.5. The number of ether oxygens (including phenoxy) is 2. The summed E-state index contributed by atoms with van der Waals surface area (Å²) in [6, 6.07) is 19.0. The van der Waals surface area contributed by atoms with E-state index in [0.29, 0.717) is 16.8 Å². The first-order valence-electron chi connectivity index (χ1n) is 12.9. The summed E-state index contributed by atoms with van der Waals surface area (Å²) in [5.74, 6) is -2.22. The minimum Gasteiger partial charge on any atom is -0.454 e. The first-order chi connectivity index (χ1) is 18.8. The van der Waals surface area contributed by atoms with Crippen LogP contribution in [0.25, 0.3) is 0 Å². The van der Waals surface area contributed by atoms with Gasteiger partial charge in [0.2, 0.25) is 11.8 Å². The summed E-state index contributed by atoms with van der Waals surface area (Å²) in [6.07, 6.45) is 3.35. The van der Waals surface area contributed by atoms with Crippen molar-refractivity contribution in [2.24, 2.45) is 11.8 Å². The maximum atomic E-state index is 12.8. The van der Waals surface area contributed by atoms with E-state index in [2.05, 4.69) is 0 Å². The average molecular weight is 526 g/mol. The number of hydrogen-bond donors (Lipinski definition) is 0. The molecule has 2 unspecified atom stereocenters. The van der Waals surface area contributed by atoms with Crippen LogP contribution < -0.4 is 9.64 Å². The first-order valence-corrected chi connectivity index (χ1v) is 12.9. The molecule has 1 heterocycles. The van der Waals surface area contributed by atoms with Crippen LogP contribution in [0, 0.1) is 18.8 Å². The minimum atomic E-state index is -0.703. The molecule has 0 aromatic heterocycles. The molecule has 0 bridgehead atoms. The lowest BCUT2D eigenvalue weighted by Crippen LogP contribution is -2.30. The maximum absolute atomic E-state index is 12.8. The highest BCUT2D eigenvalue weighted by atomic mass is 16.5. The van der Waals surface area contributed by atoms with Crippen molar-refractivity contribution in [3.63, 3.8) is 0 Å². The number of hydrogen-bond acceptors (Lipinski definition) is 7. The number of rotatable bonds is 7. The second kappa shape index (κ2) is 11.0. The quantitative estimate of drug-likeness (QED) is 0.186. The Hall–Kier alpha value is -4.59. The standard InChI is InChI=1S/C31H27NO7/c1-19-6-8-22(9-7-19)31(37)39-24-16-12-20(13-17-24)27(33)18-38-30(36)21-10-14-23(15-11-21)32-28(34)25-4-2-3-5-26(25)29(32)35/h6-17,25-26H,2-5,18H2,1H3. The summed E-state index contributed by atoms with van der Waals surface area (Å²) in [6.45, 7) is 1.44. The molecular formula is C31H27NO7. The number of nitrogens with zero attached hydrogens (tertiary/aromatic N) is 1. The monoisotopic (exact) mass is 525 g/mol. The van der Waals surface area contributed by atoms with Gasteiger partial charge >= 0.3 is 11.9 Å². The number of amides is 2. The third-order valence-electron chi connectivity index (χ3n) is 7.21. The van der Waals surface area contributed by atoms with Gasteiger partial charge in [-0.2, -0.15) is 0 Å². The fourth-order valence-corrected chi connectivity index (χ4v) is 5.03. The van der Waals surface area contributed by atoms with Gasteiger partial charge in [-0.05, 0) is 80.4 Å². The molecule has 5 rings (SSSR count). The highest BCUT2D eigenvalue weighted by molar-refractivity contribution is 6.22. The molecule has 3 aromatic carbocycles. The number of ketones is 1. The van der Waals surface area contributed by atoms with Gasteiger partial charge in [-0.3, -0.25) is 19.3 Å². The molecule has 1 saturated carbocycles. The highest BCUT2D eigenvalue weighted by Crippen LogP contribution is 2.40. The molecule has 8 heteroatoms. The predicted octanol–water partition coefficient (Wildman–Crippen LogP) is 4.93. The van der Waals surface area contributed by atoms with Crippen LogP contribution in [0.1, 0.15) is 62.3 Å². The Morgan fingerprint density at radius 3 is 1.82 bits per heavy atom. The molecule has 2 aliphatic rings. The number of carbonyl (C=O) groups excluding carboxylic acids is 5. The third-order valence-corrected chi connectivity index (χ3v) is 7.21. The topological polar surface area (TPSA) is 107 Å². The second-order valence-electron chi connectivity index (χ2n) is 9.84. The van der Waals surface area contributed by atoms with E-state index in [9.17, 15) is 24.0 Å². The molecule has 1 aliphatic heterocycles. The molecule has 3 aromatic rings. The van der Waals surface area contributed by atoms with Crippen LogP contribution >= 0.6 is 0 Å². The van der Waals surface area contributed by atoms with E-state index >= 15 is 0 Å². The molecule has 0 radical (unpaired) electrons. The zero-order valence-corrected chi connectivity index (χ0v) is 21.4. The minimum absolute atomic E-state index is 0.179. The number of anilines is 1. The summed E-state index contributed by atoms with van der Waals surface area (Å²) in [7, 11) is 0. The molecule has 0 spiro atoms. The number of benzene rings is 3. The Balaban J connectivity index is 1.15. The van der Waals surface area contributed by atoms with E-state index in [1.54, 1.807) is 24.3 Å². The SMILES string of the molecule is Cc1ccc(C(=O)Oc2ccc(C(=O)COC(=O)c3ccc(N4C(=O)C5CCCCC5C4=O)cc3)cc2)cc1. The van der Waals surface area contributed by atoms with Crippen molar-refractivity contribution in [3.8, 4) is 5.75 Å². The fraction of sp³-hybridized carbons (Fsp3) is 0.258. The van der Waals surface area contributed by atoms with Crippen LogP contribution in [0.2, 0.25) is 0 Å². The predicted molar refractivity (Wildman–Crippen MR) is 142 cm³/mol. The molecule has 8 nitrogen and oxygen atoms in total. The van der Waals surface area contributed by atoms with Crippen LogP contribution in [0.3, 0.4) is 0 Å². The Labute approximate surface area is 225 Å². The van der Waals surface area contributed by atoms with Gasteiger partial charge in [-0.25, -0.2) is 9.59 Å². The summed E-state index contributed by atoms with van der Waals surface area (Å²) in [4.78, 5) is 64.1. The lowest BCUT2D eigenvalue weighted by molar-refractivity contribution is -0.122. The number of imide groups is 1. The fourth-order valence-electron chi connectivity index (χ4n) is 5.03. The number of Topliss-reactive ketones (excluding diaryl/α,β-unsaturated/α-hetero) is 1. The van der Waals surface area contributed by atoms with Crippen molar-refractivity contribution in [2.75, 3.05) is 11.5 Å². The lowest BCUT2D eigenvalue weighted by Gasteiger charge is -2.19. The Bertz CT molecular complexity index is 1400. The molecule has 0 N–H and O–H groups in total. The van der Waals surface area contributed by atoms with Crippen molar-refractivity contribution >= 4 is 35.2 Å². The van der Waals surface area contributed by atoms with E-state index in [0.717, 1.165) is 31.2 Å².